The van der Waals surface area contributed by atoms with Crippen molar-refractivity contribution in [1.82, 2.24) is 0 Å². The first-order chi connectivity index (χ1) is 12.4. The van der Waals surface area contributed by atoms with Gasteiger partial charge in [-0.1, -0.05) is 48.5 Å². The van der Waals surface area contributed by atoms with E-state index >= 15 is 0 Å². The second kappa shape index (κ2) is 7.52. The number of fused-ring (bicyclic) bond motifs is 2. The van der Waals surface area contributed by atoms with Crippen molar-refractivity contribution in [2.75, 3.05) is 0 Å². The van der Waals surface area contributed by atoms with Gasteiger partial charge in [-0.05, 0) is 61.0 Å². The lowest BCUT2D eigenvalue weighted by Crippen LogP contribution is -2.29. The van der Waals surface area contributed by atoms with Crippen LogP contribution in [0.5, 0.6) is 5.75 Å². The third kappa shape index (κ3) is 3.90. The van der Waals surface area contributed by atoms with Crippen LogP contribution in [0.1, 0.15) is 30.4 Å². The maximum Gasteiger partial charge on any atom is 0.127 e. The first-order valence-electron chi connectivity index (χ1n) is 9.07. The molecule has 25 heavy (non-hydrogen) atoms. The predicted molar refractivity (Wildman–Crippen MR) is 104 cm³/mol. The van der Waals surface area contributed by atoms with Gasteiger partial charge in [0, 0.05) is 18.0 Å². The first-order valence-corrected chi connectivity index (χ1v) is 9.07. The minimum Gasteiger partial charge on any atom is -0.485 e. The largest absolute Gasteiger partial charge is 0.485 e. The zero-order valence-electron chi connectivity index (χ0n) is 14.3. The van der Waals surface area contributed by atoms with E-state index in [-0.39, 0.29) is 6.10 Å². The fourth-order valence-corrected chi connectivity index (χ4v) is 3.74. The summed E-state index contributed by atoms with van der Waals surface area (Å²) < 4.78 is 6.46. The number of benzene rings is 2. The van der Waals surface area contributed by atoms with Gasteiger partial charge in [-0.15, -0.1) is 0 Å². The molecule has 1 aliphatic carbocycles. The number of nitrogens with zero attached hydrogens (tertiary/aromatic N) is 1. The zero-order chi connectivity index (χ0) is 16.9. The summed E-state index contributed by atoms with van der Waals surface area (Å²) in [5, 5.41) is 0. The van der Waals surface area contributed by atoms with Crippen molar-refractivity contribution in [1.29, 1.82) is 0 Å². The fourth-order valence-electron chi connectivity index (χ4n) is 3.74. The zero-order valence-corrected chi connectivity index (χ0v) is 14.3. The van der Waals surface area contributed by atoms with Crippen molar-refractivity contribution in [3.63, 3.8) is 0 Å². The molecule has 0 radical (unpaired) electrons. The number of ether oxygens (including phenoxy) is 1. The van der Waals surface area contributed by atoms with Crippen molar-refractivity contribution < 1.29 is 4.74 Å². The number of rotatable bonds is 2. The molecule has 0 amide bonds. The van der Waals surface area contributed by atoms with E-state index in [4.69, 9.17) is 4.74 Å². The van der Waals surface area contributed by atoms with Crippen molar-refractivity contribution in [2.24, 2.45) is 10.9 Å². The maximum atomic E-state index is 6.46. The lowest BCUT2D eigenvalue weighted by Gasteiger charge is -2.32. The summed E-state index contributed by atoms with van der Waals surface area (Å²) in [5.41, 5.74) is 3.87. The standard InChI is InChI=1S/C23H23NO/c1-2-6-18(7-3-1)16-19-10-11-21-13-15-24-14-12-20-8-4-5-9-22(20)25-23(21)17-19/h1-9,12-15,19,23H,10-11,16-17H2/b14-12-,21-13-,24-15+. The Kier molecular flexibility index (Phi) is 4.78. The molecule has 126 valence electrons. The summed E-state index contributed by atoms with van der Waals surface area (Å²) in [6.45, 7) is 0. The highest BCUT2D eigenvalue weighted by molar-refractivity contribution is 5.74. The van der Waals surface area contributed by atoms with E-state index in [0.717, 1.165) is 30.6 Å². The molecule has 0 aromatic heterocycles. The highest BCUT2D eigenvalue weighted by Gasteiger charge is 2.28. The van der Waals surface area contributed by atoms with E-state index in [2.05, 4.69) is 53.5 Å². The van der Waals surface area contributed by atoms with E-state index in [9.17, 15) is 0 Å². The van der Waals surface area contributed by atoms with Gasteiger partial charge in [0.25, 0.3) is 0 Å². The number of hydrogen-bond donors (Lipinski definition) is 0. The number of aliphatic imine (C=N–C) groups is 1. The summed E-state index contributed by atoms with van der Waals surface area (Å²) in [4.78, 5) is 4.37. The van der Waals surface area contributed by atoms with E-state index < -0.39 is 0 Å². The molecular formula is C23H23NO. The molecule has 0 saturated heterocycles. The third-order valence-electron chi connectivity index (χ3n) is 5.07. The van der Waals surface area contributed by atoms with Crippen LogP contribution < -0.4 is 4.74 Å². The van der Waals surface area contributed by atoms with Crippen LogP contribution in [-0.2, 0) is 6.42 Å². The Morgan fingerprint density at radius 1 is 1.00 bits per heavy atom. The van der Waals surface area contributed by atoms with Crippen LogP contribution in [0.4, 0.5) is 0 Å². The lowest BCUT2D eigenvalue weighted by molar-refractivity contribution is 0.170. The van der Waals surface area contributed by atoms with Gasteiger partial charge in [0.2, 0.25) is 0 Å². The lowest BCUT2D eigenvalue weighted by atomic mass is 9.80. The summed E-state index contributed by atoms with van der Waals surface area (Å²) in [5.74, 6) is 1.61. The van der Waals surface area contributed by atoms with Gasteiger partial charge >= 0.3 is 0 Å². The smallest absolute Gasteiger partial charge is 0.127 e. The van der Waals surface area contributed by atoms with Crippen LogP contribution in [0.25, 0.3) is 6.08 Å². The Labute approximate surface area is 149 Å². The van der Waals surface area contributed by atoms with Gasteiger partial charge in [0.15, 0.2) is 0 Å². The third-order valence-corrected chi connectivity index (χ3v) is 5.07. The topological polar surface area (TPSA) is 21.6 Å². The summed E-state index contributed by atoms with van der Waals surface area (Å²) in [7, 11) is 0. The Hall–Kier alpha value is -2.61. The molecule has 2 aliphatic rings. The minimum atomic E-state index is 0.140. The summed E-state index contributed by atoms with van der Waals surface area (Å²) in [6.07, 6.45) is 12.5. The highest BCUT2D eigenvalue weighted by Crippen LogP contribution is 2.34. The molecule has 0 bridgehead atoms. The van der Waals surface area contributed by atoms with E-state index in [0.29, 0.717) is 5.92 Å². The van der Waals surface area contributed by atoms with Crippen molar-refractivity contribution >= 4 is 12.3 Å². The van der Waals surface area contributed by atoms with Crippen molar-refractivity contribution in [3.8, 4) is 5.75 Å². The molecule has 2 atom stereocenters. The highest BCUT2D eigenvalue weighted by atomic mass is 16.5. The molecule has 4 rings (SSSR count). The second-order valence-electron chi connectivity index (χ2n) is 6.83. The molecule has 2 nitrogen and oxygen atoms in total. The van der Waals surface area contributed by atoms with Crippen molar-refractivity contribution in [3.05, 3.63) is 83.6 Å². The Morgan fingerprint density at radius 2 is 1.84 bits per heavy atom. The van der Waals surface area contributed by atoms with Gasteiger partial charge in [-0.2, -0.15) is 0 Å². The Balaban J connectivity index is 1.56. The second-order valence-corrected chi connectivity index (χ2v) is 6.83. The van der Waals surface area contributed by atoms with Gasteiger partial charge in [-0.3, -0.25) is 4.99 Å². The van der Waals surface area contributed by atoms with Gasteiger partial charge < -0.3 is 4.74 Å². The Morgan fingerprint density at radius 3 is 2.76 bits per heavy atom. The average Bonchev–Trinajstić information content (AvgIpc) is 2.65. The average molecular weight is 329 g/mol. The quantitative estimate of drug-likeness (QED) is 0.717. The molecule has 2 unspecified atom stereocenters. The van der Waals surface area contributed by atoms with Crippen LogP contribution in [0.3, 0.4) is 0 Å². The van der Waals surface area contributed by atoms with Gasteiger partial charge in [0.05, 0.1) is 0 Å². The number of allylic oxidation sites excluding steroid dienone is 1. The van der Waals surface area contributed by atoms with Crippen LogP contribution in [0.15, 0.2) is 77.4 Å². The van der Waals surface area contributed by atoms with E-state index in [1.165, 1.54) is 17.6 Å². The van der Waals surface area contributed by atoms with Crippen LogP contribution in [0, 0.1) is 5.92 Å². The van der Waals surface area contributed by atoms with Gasteiger partial charge in [0.1, 0.15) is 11.9 Å². The summed E-state index contributed by atoms with van der Waals surface area (Å²) >= 11 is 0. The molecule has 1 fully saturated rings. The fraction of sp³-hybridized carbons (Fsp3) is 0.261. The molecule has 1 saturated carbocycles. The normalized spacial score (nSPS) is 27.0. The molecular weight excluding hydrogens is 306 g/mol. The summed E-state index contributed by atoms with van der Waals surface area (Å²) in [6, 6.07) is 19.0. The molecule has 0 spiro atoms. The molecule has 0 N–H and O–H groups in total. The Bertz CT molecular complexity index is 804. The number of hydrogen-bond acceptors (Lipinski definition) is 2. The predicted octanol–water partition coefficient (Wildman–Crippen LogP) is 5.46. The molecule has 1 heterocycles. The maximum absolute atomic E-state index is 6.46. The molecule has 1 aliphatic heterocycles. The van der Waals surface area contributed by atoms with Crippen LogP contribution >= 0.6 is 0 Å². The molecule has 2 heteroatoms. The molecule has 2 aromatic rings. The SMILES string of the molecule is C1=C\c2ccccc2OC2CC(Cc3ccccc3)CC/C2=C/C=N/1. The van der Waals surface area contributed by atoms with E-state index in [1.54, 1.807) is 0 Å². The minimum absolute atomic E-state index is 0.140. The van der Waals surface area contributed by atoms with E-state index in [1.807, 2.05) is 30.6 Å². The monoisotopic (exact) mass is 329 g/mol. The first kappa shape index (κ1) is 15.9. The number of para-hydroxylation sites is 1. The van der Waals surface area contributed by atoms with Crippen LogP contribution in [0.2, 0.25) is 0 Å². The van der Waals surface area contributed by atoms with Gasteiger partial charge in [-0.25, -0.2) is 0 Å². The van der Waals surface area contributed by atoms with Crippen molar-refractivity contribution in [2.45, 2.75) is 31.8 Å². The molecule has 2 aromatic carbocycles. The van der Waals surface area contributed by atoms with Crippen LogP contribution in [-0.4, -0.2) is 12.3 Å².